The fourth-order valence-corrected chi connectivity index (χ4v) is 4.61. The molecule has 0 radical (unpaired) electrons. The first-order chi connectivity index (χ1) is 16.6. The zero-order valence-electron chi connectivity index (χ0n) is 20.5. The summed E-state index contributed by atoms with van der Waals surface area (Å²) < 4.78 is 20.1. The molecule has 8 nitrogen and oxygen atoms in total. The van der Waals surface area contributed by atoms with E-state index in [4.69, 9.17) is 4.74 Å². The Hall–Kier alpha value is -3.62. The number of benzene rings is 2. The van der Waals surface area contributed by atoms with Crippen LogP contribution in [0, 0.1) is 5.82 Å². The number of hydrogen-bond acceptors (Lipinski definition) is 4. The topological polar surface area (TPSA) is 91.0 Å². The van der Waals surface area contributed by atoms with Gasteiger partial charge in [-0.3, -0.25) is 9.59 Å². The lowest BCUT2D eigenvalue weighted by Crippen LogP contribution is -2.49. The molecule has 1 unspecified atom stereocenters. The number of urea groups is 1. The first-order valence-corrected chi connectivity index (χ1v) is 11.7. The van der Waals surface area contributed by atoms with Gasteiger partial charge in [0, 0.05) is 25.3 Å². The monoisotopic (exact) mass is 482 g/mol. The lowest BCUT2D eigenvalue weighted by Gasteiger charge is -2.37. The third-order valence-electron chi connectivity index (χ3n) is 6.46. The van der Waals surface area contributed by atoms with Crippen LogP contribution < -0.4 is 15.4 Å². The number of rotatable bonds is 5. The van der Waals surface area contributed by atoms with Crippen molar-refractivity contribution in [3.8, 4) is 5.75 Å². The Balaban J connectivity index is 1.63. The Labute approximate surface area is 204 Å². The van der Waals surface area contributed by atoms with Gasteiger partial charge in [0.25, 0.3) is 5.91 Å². The van der Waals surface area contributed by atoms with E-state index in [1.807, 2.05) is 26.8 Å². The van der Waals surface area contributed by atoms with Crippen LogP contribution in [0.4, 0.5) is 14.9 Å². The fraction of sp³-hybridized carbons (Fsp3) is 0.423. The van der Waals surface area contributed by atoms with Crippen molar-refractivity contribution in [2.45, 2.75) is 38.6 Å². The largest absolute Gasteiger partial charge is 0.497 e. The maximum atomic E-state index is 14.8. The fourth-order valence-electron chi connectivity index (χ4n) is 4.61. The lowest BCUT2D eigenvalue weighted by molar-refractivity contribution is -0.139. The molecule has 35 heavy (non-hydrogen) atoms. The molecule has 2 aromatic carbocycles. The molecule has 186 valence electrons. The second-order valence-electron chi connectivity index (χ2n) is 9.89. The van der Waals surface area contributed by atoms with Gasteiger partial charge in [-0.25, -0.2) is 9.18 Å². The van der Waals surface area contributed by atoms with Gasteiger partial charge < -0.3 is 25.2 Å². The van der Waals surface area contributed by atoms with Gasteiger partial charge in [-0.2, -0.15) is 0 Å². The molecule has 0 saturated carbocycles. The van der Waals surface area contributed by atoms with Crippen molar-refractivity contribution in [2.75, 3.05) is 38.6 Å². The number of hydrogen-bond donors (Lipinski definition) is 2. The van der Waals surface area contributed by atoms with E-state index >= 15 is 0 Å². The van der Waals surface area contributed by atoms with E-state index in [9.17, 15) is 18.8 Å². The quantitative estimate of drug-likeness (QED) is 0.685. The van der Waals surface area contributed by atoms with Crippen molar-refractivity contribution in [2.24, 2.45) is 0 Å². The standard InChI is InChI=1S/C26H31FN4O4/c1-26(2,3)20-8-5-17(14-21(20)27)29-24(33)23-19-7-6-18(35-4)13-16(19)9-11-31(23)22(32)15-30-12-10-28-25(30)34/h5-8,13-14,23H,9-12,15H2,1-4H3,(H,28,34)(H,29,33). The molecule has 2 aliphatic rings. The van der Waals surface area contributed by atoms with E-state index < -0.39 is 17.8 Å². The first kappa shape index (κ1) is 24.5. The Morgan fingerprint density at radius 3 is 2.57 bits per heavy atom. The minimum Gasteiger partial charge on any atom is -0.497 e. The van der Waals surface area contributed by atoms with Gasteiger partial charge in [-0.15, -0.1) is 0 Å². The summed E-state index contributed by atoms with van der Waals surface area (Å²) >= 11 is 0. The van der Waals surface area contributed by atoms with Gasteiger partial charge in [-0.1, -0.05) is 32.9 Å². The smallest absolute Gasteiger partial charge is 0.317 e. The third-order valence-corrected chi connectivity index (χ3v) is 6.46. The predicted octanol–water partition coefficient (Wildman–Crippen LogP) is 3.22. The highest BCUT2D eigenvalue weighted by molar-refractivity contribution is 5.99. The van der Waals surface area contributed by atoms with Crippen LogP contribution in [0.25, 0.3) is 0 Å². The summed E-state index contributed by atoms with van der Waals surface area (Å²) in [6.07, 6.45) is 0.545. The van der Waals surface area contributed by atoms with Gasteiger partial charge in [-0.05, 0) is 52.8 Å². The molecule has 2 aromatic rings. The molecular weight excluding hydrogens is 451 g/mol. The minimum absolute atomic E-state index is 0.115. The van der Waals surface area contributed by atoms with Crippen molar-refractivity contribution < 1.29 is 23.5 Å². The molecule has 4 rings (SSSR count). The first-order valence-electron chi connectivity index (χ1n) is 11.7. The molecule has 1 atom stereocenters. The molecule has 0 spiro atoms. The number of carbonyl (C=O) groups is 3. The summed E-state index contributed by atoms with van der Waals surface area (Å²) in [5.74, 6) is -0.510. The molecule has 2 aliphatic heterocycles. The summed E-state index contributed by atoms with van der Waals surface area (Å²) in [6, 6.07) is 8.81. The Morgan fingerprint density at radius 2 is 1.94 bits per heavy atom. The van der Waals surface area contributed by atoms with Crippen LogP contribution in [0.3, 0.4) is 0 Å². The predicted molar refractivity (Wildman–Crippen MR) is 130 cm³/mol. The average Bonchev–Trinajstić information content (AvgIpc) is 3.21. The summed E-state index contributed by atoms with van der Waals surface area (Å²) in [5, 5.41) is 5.47. The van der Waals surface area contributed by atoms with Gasteiger partial charge in [0.2, 0.25) is 5.91 Å². The van der Waals surface area contributed by atoms with Crippen LogP contribution in [-0.2, 0) is 21.4 Å². The maximum absolute atomic E-state index is 14.8. The highest BCUT2D eigenvalue weighted by atomic mass is 19.1. The van der Waals surface area contributed by atoms with Crippen LogP contribution in [0.15, 0.2) is 36.4 Å². The summed E-state index contributed by atoms with van der Waals surface area (Å²) in [5.41, 5.74) is 2.07. The number of ether oxygens (including phenoxy) is 1. The Kier molecular flexibility index (Phi) is 6.69. The van der Waals surface area contributed by atoms with Crippen molar-refractivity contribution in [3.05, 3.63) is 58.9 Å². The highest BCUT2D eigenvalue weighted by Crippen LogP contribution is 2.34. The molecular formula is C26H31FN4O4. The molecule has 9 heteroatoms. The van der Waals surface area contributed by atoms with Gasteiger partial charge in [0.1, 0.15) is 24.2 Å². The van der Waals surface area contributed by atoms with Crippen LogP contribution in [0.5, 0.6) is 5.75 Å². The Morgan fingerprint density at radius 1 is 1.17 bits per heavy atom. The molecule has 4 amide bonds. The van der Waals surface area contributed by atoms with E-state index in [0.29, 0.717) is 48.6 Å². The van der Waals surface area contributed by atoms with Crippen molar-refractivity contribution in [1.29, 1.82) is 0 Å². The molecule has 1 fully saturated rings. The molecule has 2 heterocycles. The molecule has 0 bridgehead atoms. The number of methoxy groups -OCH3 is 1. The second-order valence-corrected chi connectivity index (χ2v) is 9.89. The van der Waals surface area contributed by atoms with Crippen molar-refractivity contribution >= 4 is 23.5 Å². The summed E-state index contributed by atoms with van der Waals surface area (Å²) in [6.45, 7) is 6.86. The number of halogens is 1. The van der Waals surface area contributed by atoms with Crippen molar-refractivity contribution in [3.63, 3.8) is 0 Å². The lowest BCUT2D eigenvalue weighted by atomic mass is 9.86. The SMILES string of the molecule is COc1ccc2c(c1)CCN(C(=O)CN1CCNC1=O)C2C(=O)Nc1ccc(C(C)(C)C)c(F)c1. The highest BCUT2D eigenvalue weighted by Gasteiger charge is 2.37. The number of amides is 4. The molecule has 1 saturated heterocycles. The Bertz CT molecular complexity index is 1160. The van der Waals surface area contributed by atoms with Crippen LogP contribution in [0.1, 0.15) is 43.5 Å². The third kappa shape index (κ3) is 5.08. The van der Waals surface area contributed by atoms with E-state index in [0.717, 1.165) is 5.56 Å². The normalized spacial score (nSPS) is 17.6. The van der Waals surface area contributed by atoms with Crippen LogP contribution in [-0.4, -0.2) is 60.9 Å². The number of nitrogens with zero attached hydrogens (tertiary/aromatic N) is 2. The van der Waals surface area contributed by atoms with Gasteiger partial charge in [0.15, 0.2) is 0 Å². The molecule has 2 N–H and O–H groups in total. The summed E-state index contributed by atoms with van der Waals surface area (Å²) in [7, 11) is 1.57. The summed E-state index contributed by atoms with van der Waals surface area (Å²) in [4.78, 5) is 41.7. The second kappa shape index (κ2) is 9.56. The average molecular weight is 483 g/mol. The number of anilines is 1. The number of fused-ring (bicyclic) bond motifs is 1. The van der Waals surface area contributed by atoms with E-state index in [-0.39, 0.29) is 23.9 Å². The van der Waals surface area contributed by atoms with Crippen LogP contribution in [0.2, 0.25) is 0 Å². The number of nitrogens with one attached hydrogen (secondary N) is 2. The molecule has 0 aliphatic carbocycles. The zero-order chi connectivity index (χ0) is 25.3. The van der Waals surface area contributed by atoms with Crippen LogP contribution >= 0.6 is 0 Å². The zero-order valence-corrected chi connectivity index (χ0v) is 20.5. The van der Waals surface area contributed by atoms with E-state index in [2.05, 4.69) is 10.6 Å². The van der Waals surface area contributed by atoms with E-state index in [1.54, 1.807) is 31.4 Å². The maximum Gasteiger partial charge on any atom is 0.317 e. The minimum atomic E-state index is -0.923. The van der Waals surface area contributed by atoms with Crippen molar-refractivity contribution in [1.82, 2.24) is 15.1 Å². The van der Waals surface area contributed by atoms with E-state index in [1.165, 1.54) is 15.9 Å². The molecule has 0 aromatic heterocycles. The number of carbonyl (C=O) groups excluding carboxylic acids is 3. The van der Waals surface area contributed by atoms with Gasteiger partial charge in [0.05, 0.1) is 7.11 Å². The van der Waals surface area contributed by atoms with Gasteiger partial charge >= 0.3 is 6.03 Å².